The van der Waals surface area contributed by atoms with Crippen LogP contribution in [-0.2, 0) is 19.2 Å². The third-order valence-corrected chi connectivity index (χ3v) is 0.469. The third kappa shape index (κ3) is 25.8. The summed E-state index contributed by atoms with van der Waals surface area (Å²) in [5.41, 5.74) is 0. The van der Waals surface area contributed by atoms with Gasteiger partial charge in [-0.05, 0) is 0 Å². The quantitative estimate of drug-likeness (QED) is 0.295. The lowest BCUT2D eigenvalue weighted by Gasteiger charge is -1.74. The molecule has 7 heteroatoms. The molecule has 0 aliphatic rings. The summed E-state index contributed by atoms with van der Waals surface area (Å²) in [4.78, 5) is 37.0. The van der Waals surface area contributed by atoms with Gasteiger partial charge in [0.1, 0.15) is 0 Å². The molecule has 3 N–H and O–H groups in total. The number of rotatable bonds is 3. The second kappa shape index (κ2) is 7.92. The molecule has 0 aliphatic heterocycles. The fourth-order valence-corrected chi connectivity index (χ4v) is 0.143. The Morgan fingerprint density at radius 2 is 1.00 bits per heavy atom. The van der Waals surface area contributed by atoms with Crippen molar-refractivity contribution >= 4 is 24.2 Å². The Hall–Kier alpha value is -2.18. The van der Waals surface area contributed by atoms with Crippen molar-refractivity contribution in [1.29, 1.82) is 0 Å². The van der Waals surface area contributed by atoms with Gasteiger partial charge < -0.3 is 15.3 Å². The maximum atomic E-state index is 9.55. The molecule has 0 radical (unpaired) electrons. The monoisotopic (exact) mass is 190 g/mol. The van der Waals surface area contributed by atoms with Gasteiger partial charge in [0.05, 0.1) is 0 Å². The Morgan fingerprint density at radius 3 is 1.08 bits per heavy atom. The lowest BCUT2D eigenvalue weighted by molar-refractivity contribution is -0.143. The second-order valence-corrected chi connectivity index (χ2v) is 1.47. The molecule has 0 unspecified atom stereocenters. The number of carboxylic acids is 3. The molecule has 0 amide bonds. The number of carbonyl (C=O) groups excluding carboxylic acids is 1. The van der Waals surface area contributed by atoms with Gasteiger partial charge in [0.15, 0.2) is 0 Å². The molecule has 0 saturated heterocycles. The predicted octanol–water partition coefficient (Wildman–Crippen LogP) is -1.02. The van der Waals surface area contributed by atoms with E-state index in [0.717, 1.165) is 0 Å². The first kappa shape index (κ1) is 13.4. The third-order valence-electron chi connectivity index (χ3n) is 0.469. The fraction of sp³-hybridized carbons (Fsp3) is 0. The highest BCUT2D eigenvalue weighted by Crippen LogP contribution is 1.70. The molecule has 0 rings (SSSR count). The van der Waals surface area contributed by atoms with Crippen LogP contribution in [0.5, 0.6) is 0 Å². The van der Waals surface area contributed by atoms with Crippen molar-refractivity contribution in [1.82, 2.24) is 0 Å². The number of hydrogen-bond acceptors (Lipinski definition) is 4. The van der Waals surface area contributed by atoms with Crippen molar-refractivity contribution in [2.24, 2.45) is 0 Å². The smallest absolute Gasteiger partial charge is 0.368 e. The normalized spacial score (nSPS) is 8.31. The van der Waals surface area contributed by atoms with Crippen LogP contribution >= 0.6 is 0 Å². The van der Waals surface area contributed by atoms with Gasteiger partial charge in [0.25, 0.3) is 0 Å². The molecular formula is C6H6O7. The molecule has 0 saturated carbocycles. The number of carbonyl (C=O) groups is 4. The van der Waals surface area contributed by atoms with Gasteiger partial charge in [0, 0.05) is 12.2 Å². The average molecular weight is 190 g/mol. The Bertz CT molecular complexity index is 223. The topological polar surface area (TPSA) is 129 Å². The highest BCUT2D eigenvalue weighted by molar-refractivity contribution is 6.19. The van der Waals surface area contributed by atoms with Crippen LogP contribution in [0.3, 0.4) is 0 Å². The molecule has 0 fully saturated rings. The summed E-state index contributed by atoms with van der Waals surface area (Å²) in [6.07, 6.45) is 0.949. The Morgan fingerprint density at radius 1 is 0.769 bits per heavy atom. The predicted molar refractivity (Wildman–Crippen MR) is 38.1 cm³/mol. The van der Waals surface area contributed by atoms with Crippen molar-refractivity contribution in [3.05, 3.63) is 12.2 Å². The standard InChI is InChI=1S/C4H4O4.C2H2O3/c5-3(6)1-2-4(7)8;3-1-2(4)5/h1-2H,(H,5,6)(H,7,8);1H,(H,4,5). The lowest BCUT2D eigenvalue weighted by Crippen LogP contribution is -1.91. The molecule has 0 atom stereocenters. The van der Waals surface area contributed by atoms with Gasteiger partial charge in [-0.25, -0.2) is 14.4 Å². The maximum Gasteiger partial charge on any atom is 0.368 e. The van der Waals surface area contributed by atoms with Crippen LogP contribution in [0.2, 0.25) is 0 Å². The molecule has 0 bridgehead atoms. The maximum absolute atomic E-state index is 9.55. The zero-order valence-electron chi connectivity index (χ0n) is 6.21. The van der Waals surface area contributed by atoms with E-state index in [0.29, 0.717) is 12.2 Å². The summed E-state index contributed by atoms with van der Waals surface area (Å²) in [6, 6.07) is 0. The molecule has 0 heterocycles. The van der Waals surface area contributed by atoms with Crippen molar-refractivity contribution in [2.75, 3.05) is 0 Å². The molecule has 72 valence electrons. The minimum Gasteiger partial charge on any atom is -0.478 e. The first-order chi connectivity index (χ1) is 5.90. The largest absolute Gasteiger partial charge is 0.478 e. The van der Waals surface area contributed by atoms with Gasteiger partial charge in [-0.15, -0.1) is 0 Å². The second-order valence-electron chi connectivity index (χ2n) is 1.47. The molecule has 0 aliphatic carbocycles. The number of aldehydes is 1. The van der Waals surface area contributed by atoms with Gasteiger partial charge in [0.2, 0.25) is 6.29 Å². The van der Waals surface area contributed by atoms with E-state index in [9.17, 15) is 9.59 Å². The summed E-state index contributed by atoms with van der Waals surface area (Å²) in [5.74, 6) is -3.94. The Labute approximate surface area is 71.9 Å². The Kier molecular flexibility index (Phi) is 8.17. The van der Waals surface area contributed by atoms with Gasteiger partial charge in [-0.1, -0.05) is 0 Å². The van der Waals surface area contributed by atoms with Crippen LogP contribution in [-0.4, -0.2) is 39.5 Å². The number of aliphatic carboxylic acids is 3. The first-order valence-corrected chi connectivity index (χ1v) is 2.72. The molecule has 0 aromatic rings. The van der Waals surface area contributed by atoms with Crippen LogP contribution in [0.1, 0.15) is 0 Å². The summed E-state index contributed by atoms with van der Waals surface area (Å²) < 4.78 is 0. The van der Waals surface area contributed by atoms with E-state index >= 15 is 0 Å². The number of hydrogen-bond donors (Lipinski definition) is 3. The van der Waals surface area contributed by atoms with E-state index in [4.69, 9.17) is 24.9 Å². The highest BCUT2D eigenvalue weighted by atomic mass is 16.4. The van der Waals surface area contributed by atoms with Crippen molar-refractivity contribution in [3.63, 3.8) is 0 Å². The zero-order chi connectivity index (χ0) is 10.9. The highest BCUT2D eigenvalue weighted by Gasteiger charge is 1.88. The first-order valence-electron chi connectivity index (χ1n) is 2.72. The summed E-state index contributed by atoms with van der Waals surface area (Å²) in [7, 11) is 0. The van der Waals surface area contributed by atoms with E-state index < -0.39 is 17.9 Å². The summed E-state index contributed by atoms with van der Waals surface area (Å²) in [6.45, 7) is 0. The van der Waals surface area contributed by atoms with Gasteiger partial charge in [-0.2, -0.15) is 0 Å². The molecule has 13 heavy (non-hydrogen) atoms. The van der Waals surface area contributed by atoms with E-state index in [1.54, 1.807) is 0 Å². The molecular weight excluding hydrogens is 184 g/mol. The van der Waals surface area contributed by atoms with Crippen molar-refractivity contribution < 1.29 is 34.5 Å². The zero-order valence-corrected chi connectivity index (χ0v) is 6.21. The van der Waals surface area contributed by atoms with Crippen LogP contribution in [0, 0.1) is 0 Å². The molecule has 0 spiro atoms. The van der Waals surface area contributed by atoms with Gasteiger partial charge >= 0.3 is 17.9 Å². The van der Waals surface area contributed by atoms with Crippen LogP contribution < -0.4 is 0 Å². The van der Waals surface area contributed by atoms with Crippen molar-refractivity contribution in [2.45, 2.75) is 0 Å². The number of carboxylic acid groups (broad SMARTS) is 3. The summed E-state index contributed by atoms with van der Waals surface area (Å²) >= 11 is 0. The van der Waals surface area contributed by atoms with Crippen LogP contribution in [0.15, 0.2) is 12.2 Å². The van der Waals surface area contributed by atoms with E-state index in [1.165, 1.54) is 0 Å². The summed E-state index contributed by atoms with van der Waals surface area (Å²) in [5, 5.41) is 23.0. The lowest BCUT2D eigenvalue weighted by atomic mass is 10.5. The van der Waals surface area contributed by atoms with E-state index in [-0.39, 0.29) is 6.29 Å². The van der Waals surface area contributed by atoms with Crippen LogP contribution in [0.25, 0.3) is 0 Å². The van der Waals surface area contributed by atoms with Gasteiger partial charge in [-0.3, -0.25) is 4.79 Å². The fourth-order valence-electron chi connectivity index (χ4n) is 0.143. The van der Waals surface area contributed by atoms with Crippen molar-refractivity contribution in [3.8, 4) is 0 Å². The Balaban J connectivity index is 0. The van der Waals surface area contributed by atoms with E-state index in [1.807, 2.05) is 0 Å². The average Bonchev–Trinajstić information content (AvgIpc) is 2.02. The minimum atomic E-state index is -1.43. The molecule has 0 aromatic heterocycles. The van der Waals surface area contributed by atoms with E-state index in [2.05, 4.69) is 0 Å². The van der Waals surface area contributed by atoms with Crippen LogP contribution in [0.4, 0.5) is 0 Å². The molecule has 7 nitrogen and oxygen atoms in total. The SMILES string of the molecule is O=C(O)C=CC(=O)O.O=CC(=O)O. The molecule has 0 aromatic carbocycles. The minimum absolute atomic E-state index is 0.167.